The van der Waals surface area contributed by atoms with Gasteiger partial charge in [-0.15, -0.1) is 0 Å². The molecule has 0 saturated heterocycles. The normalized spacial score (nSPS) is 11.3. The monoisotopic (exact) mass is 387 g/mol. The minimum absolute atomic E-state index is 0.0564. The summed E-state index contributed by atoms with van der Waals surface area (Å²) in [7, 11) is 0. The number of aromatic nitrogens is 1. The van der Waals surface area contributed by atoms with E-state index in [1.807, 2.05) is 30.3 Å². The molecule has 4 nitrogen and oxygen atoms in total. The molecule has 0 aliphatic rings. The molecule has 0 aliphatic heterocycles. The van der Waals surface area contributed by atoms with Crippen LogP contribution < -0.4 is 5.43 Å². The van der Waals surface area contributed by atoms with Gasteiger partial charge >= 0.3 is 0 Å². The van der Waals surface area contributed by atoms with Crippen molar-refractivity contribution in [2.45, 2.75) is 71.1 Å². The number of nitrogens with one attached hydrogen (secondary N) is 1. The number of pyridine rings is 1. The Labute approximate surface area is 167 Å². The molecule has 1 heterocycles. The van der Waals surface area contributed by atoms with Gasteiger partial charge in [0.15, 0.2) is 0 Å². The average molecular weight is 388 g/mol. The Balaban J connectivity index is 1.63. The molecule has 146 valence electrons. The SMILES string of the molecule is CCCCCCCCCCCC(=O)N/N=C\c1cc2ccccc2nc1Cl. The van der Waals surface area contributed by atoms with Crippen molar-refractivity contribution in [3.8, 4) is 0 Å². The Morgan fingerprint density at radius 2 is 1.74 bits per heavy atom. The molecule has 1 N–H and O–H groups in total. The number of hydrazone groups is 1. The lowest BCUT2D eigenvalue weighted by Crippen LogP contribution is -2.16. The quantitative estimate of drug-likeness (QED) is 0.202. The first-order chi connectivity index (χ1) is 13.2. The fourth-order valence-corrected chi connectivity index (χ4v) is 3.22. The van der Waals surface area contributed by atoms with Crippen LogP contribution in [0, 0.1) is 0 Å². The minimum atomic E-state index is -0.0564. The van der Waals surface area contributed by atoms with E-state index in [1.54, 1.807) is 6.21 Å². The average Bonchev–Trinajstić information content (AvgIpc) is 2.67. The summed E-state index contributed by atoms with van der Waals surface area (Å²) in [6.07, 6.45) is 13.2. The number of carbonyl (C=O) groups is 1. The second-order valence-corrected chi connectivity index (χ2v) is 7.29. The van der Waals surface area contributed by atoms with Crippen LogP contribution in [0.3, 0.4) is 0 Å². The zero-order valence-electron chi connectivity index (χ0n) is 16.2. The first kappa shape index (κ1) is 21.4. The highest BCUT2D eigenvalue weighted by Crippen LogP contribution is 2.18. The number of halogens is 1. The second-order valence-electron chi connectivity index (χ2n) is 6.93. The Bertz CT molecular complexity index is 745. The summed E-state index contributed by atoms with van der Waals surface area (Å²) in [5.41, 5.74) is 4.11. The molecule has 1 aromatic heterocycles. The van der Waals surface area contributed by atoms with E-state index >= 15 is 0 Å². The highest BCUT2D eigenvalue weighted by Gasteiger charge is 2.03. The van der Waals surface area contributed by atoms with Gasteiger partial charge in [-0.1, -0.05) is 88.1 Å². The smallest absolute Gasteiger partial charge is 0.240 e. The van der Waals surface area contributed by atoms with Gasteiger partial charge in [-0.3, -0.25) is 4.79 Å². The minimum Gasteiger partial charge on any atom is -0.273 e. The van der Waals surface area contributed by atoms with Crippen LogP contribution in [-0.2, 0) is 4.79 Å². The highest BCUT2D eigenvalue weighted by atomic mass is 35.5. The molecule has 1 aromatic carbocycles. The van der Waals surface area contributed by atoms with Gasteiger partial charge in [0.2, 0.25) is 5.91 Å². The molecule has 0 aliphatic carbocycles. The van der Waals surface area contributed by atoms with Gasteiger partial charge in [0.25, 0.3) is 0 Å². The number of rotatable bonds is 12. The van der Waals surface area contributed by atoms with Gasteiger partial charge in [-0.2, -0.15) is 5.10 Å². The zero-order chi connectivity index (χ0) is 19.3. The maximum Gasteiger partial charge on any atom is 0.240 e. The van der Waals surface area contributed by atoms with Crippen molar-refractivity contribution in [3.63, 3.8) is 0 Å². The number of carbonyl (C=O) groups excluding carboxylic acids is 1. The van der Waals surface area contributed by atoms with E-state index < -0.39 is 0 Å². The van der Waals surface area contributed by atoms with Gasteiger partial charge in [0, 0.05) is 17.4 Å². The van der Waals surface area contributed by atoms with Crippen molar-refractivity contribution in [2.24, 2.45) is 5.10 Å². The van der Waals surface area contributed by atoms with Crippen LogP contribution in [-0.4, -0.2) is 17.1 Å². The number of para-hydroxylation sites is 1. The number of amides is 1. The zero-order valence-corrected chi connectivity index (χ0v) is 17.0. The van der Waals surface area contributed by atoms with Gasteiger partial charge in [-0.25, -0.2) is 10.4 Å². The van der Waals surface area contributed by atoms with Crippen molar-refractivity contribution >= 4 is 34.6 Å². The van der Waals surface area contributed by atoms with Crippen molar-refractivity contribution in [3.05, 3.63) is 41.0 Å². The summed E-state index contributed by atoms with van der Waals surface area (Å²) in [6, 6.07) is 9.67. The van der Waals surface area contributed by atoms with E-state index in [4.69, 9.17) is 11.6 Å². The van der Waals surface area contributed by atoms with Crippen LogP contribution in [0.4, 0.5) is 0 Å². The molecule has 0 fully saturated rings. The van der Waals surface area contributed by atoms with Crippen LogP contribution >= 0.6 is 11.6 Å². The molecule has 0 spiro atoms. The lowest BCUT2D eigenvalue weighted by Gasteiger charge is -2.03. The summed E-state index contributed by atoms with van der Waals surface area (Å²) in [5, 5.41) is 5.39. The third-order valence-corrected chi connectivity index (χ3v) is 4.91. The number of hydrogen-bond acceptors (Lipinski definition) is 3. The largest absolute Gasteiger partial charge is 0.273 e. The van der Waals surface area contributed by atoms with E-state index in [0.29, 0.717) is 17.1 Å². The molecular weight excluding hydrogens is 358 g/mol. The van der Waals surface area contributed by atoms with Crippen molar-refractivity contribution in [2.75, 3.05) is 0 Å². The van der Waals surface area contributed by atoms with Crippen LogP contribution in [0.15, 0.2) is 35.4 Å². The van der Waals surface area contributed by atoms with E-state index in [1.165, 1.54) is 44.9 Å². The lowest BCUT2D eigenvalue weighted by atomic mass is 10.1. The summed E-state index contributed by atoms with van der Waals surface area (Å²) in [5.74, 6) is -0.0564. The molecule has 0 unspecified atom stereocenters. The topological polar surface area (TPSA) is 54.4 Å². The summed E-state index contributed by atoms with van der Waals surface area (Å²) >= 11 is 6.18. The van der Waals surface area contributed by atoms with Crippen molar-refractivity contribution < 1.29 is 4.79 Å². The van der Waals surface area contributed by atoms with Crippen LogP contribution in [0.2, 0.25) is 5.15 Å². The molecule has 27 heavy (non-hydrogen) atoms. The maximum absolute atomic E-state index is 11.9. The molecule has 0 radical (unpaired) electrons. The molecular formula is C22H30ClN3O. The van der Waals surface area contributed by atoms with Gasteiger partial charge in [0.05, 0.1) is 11.7 Å². The van der Waals surface area contributed by atoms with Crippen LogP contribution in [0.25, 0.3) is 10.9 Å². The van der Waals surface area contributed by atoms with E-state index in [9.17, 15) is 4.79 Å². The van der Waals surface area contributed by atoms with Gasteiger partial charge < -0.3 is 0 Å². The first-order valence-electron chi connectivity index (χ1n) is 10.1. The Morgan fingerprint density at radius 3 is 2.48 bits per heavy atom. The molecule has 0 saturated carbocycles. The number of fused-ring (bicyclic) bond motifs is 1. The number of nitrogens with zero attached hydrogens (tertiary/aromatic N) is 2. The standard InChI is InChI=1S/C22H30ClN3O/c1-2-3-4-5-6-7-8-9-10-15-21(27)26-24-17-19-16-18-13-11-12-14-20(18)25-22(19)23/h11-14,16-17H,2-10,15H2,1H3,(H,26,27)/b24-17-. The van der Waals surface area contributed by atoms with Gasteiger partial charge in [-0.05, 0) is 18.6 Å². The molecule has 2 aromatic rings. The predicted molar refractivity (Wildman–Crippen MR) is 114 cm³/mol. The van der Waals surface area contributed by atoms with Crippen molar-refractivity contribution in [1.29, 1.82) is 0 Å². The van der Waals surface area contributed by atoms with Crippen LogP contribution in [0.5, 0.6) is 0 Å². The number of benzene rings is 1. The van der Waals surface area contributed by atoms with Crippen LogP contribution in [0.1, 0.15) is 76.7 Å². The second kappa shape index (κ2) is 12.4. The van der Waals surface area contributed by atoms with E-state index in [0.717, 1.165) is 23.7 Å². The third-order valence-electron chi connectivity index (χ3n) is 4.60. The molecule has 5 heteroatoms. The Kier molecular flexibility index (Phi) is 9.85. The maximum atomic E-state index is 11.9. The molecule has 0 bridgehead atoms. The lowest BCUT2D eigenvalue weighted by molar-refractivity contribution is -0.121. The van der Waals surface area contributed by atoms with Crippen molar-refractivity contribution in [1.82, 2.24) is 10.4 Å². The fraction of sp³-hybridized carbons (Fsp3) is 0.500. The summed E-state index contributed by atoms with van der Waals surface area (Å²) in [4.78, 5) is 16.2. The number of unbranched alkanes of at least 4 members (excludes halogenated alkanes) is 8. The van der Waals surface area contributed by atoms with E-state index in [2.05, 4.69) is 22.4 Å². The molecule has 2 rings (SSSR count). The fourth-order valence-electron chi connectivity index (χ4n) is 3.03. The summed E-state index contributed by atoms with van der Waals surface area (Å²) < 4.78 is 0. The molecule has 0 atom stereocenters. The predicted octanol–water partition coefficient (Wildman–Crippen LogP) is 6.26. The highest BCUT2D eigenvalue weighted by molar-refractivity contribution is 6.32. The number of hydrogen-bond donors (Lipinski definition) is 1. The Morgan fingerprint density at radius 1 is 1.07 bits per heavy atom. The van der Waals surface area contributed by atoms with E-state index in [-0.39, 0.29) is 5.91 Å². The van der Waals surface area contributed by atoms with Gasteiger partial charge in [0.1, 0.15) is 5.15 Å². The Hall–Kier alpha value is -1.94. The first-order valence-corrected chi connectivity index (χ1v) is 10.5. The summed E-state index contributed by atoms with van der Waals surface area (Å²) in [6.45, 7) is 2.24. The molecule has 1 amide bonds. The third kappa shape index (κ3) is 8.08.